The first-order valence-electron chi connectivity index (χ1n) is 14.1. The second-order valence-corrected chi connectivity index (χ2v) is 10.8. The maximum Gasteiger partial charge on any atom is 0.227 e. The van der Waals surface area contributed by atoms with Crippen LogP contribution in [0.2, 0.25) is 0 Å². The Labute approximate surface area is 253 Å². The van der Waals surface area contributed by atoms with Crippen molar-refractivity contribution in [3.05, 3.63) is 108 Å². The minimum Gasteiger partial charge on any atom is -0.481 e. The Morgan fingerprint density at radius 3 is 2.72 bits per heavy atom. The van der Waals surface area contributed by atoms with Crippen molar-refractivity contribution in [2.75, 3.05) is 43.1 Å². The number of benzene rings is 3. The van der Waals surface area contributed by atoms with Gasteiger partial charge in [0, 0.05) is 53.4 Å². The van der Waals surface area contributed by atoms with Crippen molar-refractivity contribution < 1.29 is 9.47 Å². The molecule has 4 heterocycles. The zero-order chi connectivity index (χ0) is 28.8. The molecule has 8 nitrogen and oxygen atoms in total. The van der Waals surface area contributed by atoms with Crippen molar-refractivity contribution in [2.45, 2.75) is 0 Å². The Bertz CT molecular complexity index is 1920. The number of nitrogens with one attached hydrogen (secondary N) is 1. The predicted octanol–water partition coefficient (Wildman–Crippen LogP) is 6.53. The molecule has 9 heteroatoms. The van der Waals surface area contributed by atoms with E-state index in [2.05, 4.69) is 55.7 Å². The second-order valence-electron chi connectivity index (χ2n) is 9.89. The molecular formula is C34H28N6O2S. The predicted molar refractivity (Wildman–Crippen MR) is 171 cm³/mol. The molecule has 1 aliphatic heterocycles. The number of aromatic nitrogens is 4. The van der Waals surface area contributed by atoms with Crippen LogP contribution in [0.1, 0.15) is 5.56 Å². The van der Waals surface area contributed by atoms with Crippen molar-refractivity contribution in [2.24, 2.45) is 0 Å². The number of thiazole rings is 1. The topological polar surface area (TPSA) is 76.8 Å². The monoisotopic (exact) mass is 584 g/mol. The van der Waals surface area contributed by atoms with Crippen LogP contribution in [0.15, 0.2) is 103 Å². The number of morpholine rings is 1. The highest BCUT2D eigenvalue weighted by Crippen LogP contribution is 2.34. The Hall–Kier alpha value is -5.17. The van der Waals surface area contributed by atoms with Gasteiger partial charge in [-0.2, -0.15) is 0 Å². The van der Waals surface area contributed by atoms with E-state index in [1.165, 1.54) is 0 Å². The zero-order valence-electron chi connectivity index (χ0n) is 23.3. The van der Waals surface area contributed by atoms with E-state index in [9.17, 15) is 0 Å². The first-order chi connectivity index (χ1) is 21.3. The van der Waals surface area contributed by atoms with E-state index < -0.39 is 0 Å². The smallest absolute Gasteiger partial charge is 0.227 e. The Morgan fingerprint density at radius 2 is 1.81 bits per heavy atom. The summed E-state index contributed by atoms with van der Waals surface area (Å²) < 4.78 is 13.3. The molecule has 0 bridgehead atoms. The lowest BCUT2D eigenvalue weighted by atomic mass is 10.1. The summed E-state index contributed by atoms with van der Waals surface area (Å²) in [6, 6.07) is 28.0. The maximum atomic E-state index is 5.72. The minimum absolute atomic E-state index is 0.311. The van der Waals surface area contributed by atoms with Crippen molar-refractivity contribution in [3.63, 3.8) is 0 Å². The number of para-hydroxylation sites is 1. The molecule has 3 aromatic heterocycles. The third-order valence-corrected chi connectivity index (χ3v) is 7.82. The van der Waals surface area contributed by atoms with Crippen LogP contribution in [0.4, 0.5) is 17.3 Å². The van der Waals surface area contributed by atoms with Crippen LogP contribution >= 0.6 is 11.3 Å². The Balaban J connectivity index is 1.16. The highest BCUT2D eigenvalue weighted by atomic mass is 32.1. The number of nitrogens with zero attached hydrogens (tertiary/aromatic N) is 5. The molecule has 1 fully saturated rings. The normalized spacial score (nSPS) is 13.0. The number of rotatable bonds is 7. The summed E-state index contributed by atoms with van der Waals surface area (Å²) >= 11 is 1.59. The Morgan fingerprint density at radius 1 is 0.930 bits per heavy atom. The number of hydrogen-bond donors (Lipinski definition) is 1. The highest BCUT2D eigenvalue weighted by molar-refractivity contribution is 7.15. The van der Waals surface area contributed by atoms with Crippen LogP contribution in [0.3, 0.4) is 0 Å². The van der Waals surface area contributed by atoms with E-state index in [0.29, 0.717) is 12.6 Å². The summed E-state index contributed by atoms with van der Waals surface area (Å²) in [6.07, 6.45) is 3.80. The number of ether oxygens (including phenoxy) is 2. The molecule has 0 atom stereocenters. The fourth-order valence-corrected chi connectivity index (χ4v) is 5.75. The average Bonchev–Trinajstić information content (AvgIpc) is 3.67. The molecular weight excluding hydrogens is 556 g/mol. The van der Waals surface area contributed by atoms with Crippen LogP contribution in [-0.4, -0.2) is 52.3 Å². The van der Waals surface area contributed by atoms with E-state index in [1.54, 1.807) is 17.5 Å². The largest absolute Gasteiger partial charge is 0.481 e. The molecule has 0 radical (unpaired) electrons. The van der Waals surface area contributed by atoms with E-state index in [-0.39, 0.29) is 0 Å². The van der Waals surface area contributed by atoms with Crippen LogP contribution in [0.25, 0.3) is 27.6 Å². The SMILES string of the molecule is C(#Cc1cccc(-c2nc3sccn3c2-c2ccnc(Nc3cccc(N4CCOCC4)c3)n2)c1)COc1ccccc1. The molecule has 0 spiro atoms. The zero-order valence-corrected chi connectivity index (χ0v) is 24.1. The Kier molecular flexibility index (Phi) is 7.68. The average molecular weight is 585 g/mol. The number of imidazole rings is 1. The van der Waals surface area contributed by atoms with Gasteiger partial charge < -0.3 is 19.7 Å². The second kappa shape index (κ2) is 12.4. The molecule has 6 aromatic rings. The van der Waals surface area contributed by atoms with Gasteiger partial charge in [0.2, 0.25) is 5.95 Å². The van der Waals surface area contributed by atoms with Gasteiger partial charge in [0.15, 0.2) is 4.96 Å². The lowest BCUT2D eigenvalue weighted by Crippen LogP contribution is -2.36. The van der Waals surface area contributed by atoms with Crippen molar-refractivity contribution in [1.29, 1.82) is 0 Å². The molecule has 1 aliphatic rings. The van der Waals surface area contributed by atoms with Crippen molar-refractivity contribution >= 4 is 33.6 Å². The molecule has 1 saturated heterocycles. The number of hydrogen-bond acceptors (Lipinski definition) is 8. The summed E-state index contributed by atoms with van der Waals surface area (Å²) in [4.78, 5) is 17.6. The highest BCUT2D eigenvalue weighted by Gasteiger charge is 2.19. The minimum atomic E-state index is 0.311. The summed E-state index contributed by atoms with van der Waals surface area (Å²) in [5.41, 5.74) is 6.46. The quantitative estimate of drug-likeness (QED) is 0.214. The maximum absolute atomic E-state index is 5.72. The summed E-state index contributed by atoms with van der Waals surface area (Å²) in [6.45, 7) is 3.55. The standard InChI is InChI=1S/C34H28N6O2S/c1-2-12-29(13-3-1)42-19-6-8-25-7-4-9-26(23-25)31-32(40-18-22-43-34(40)38-31)30-14-15-35-33(37-30)36-27-10-5-11-28(24-27)39-16-20-41-21-17-39/h1-5,7,9-15,18,22-24H,16-17,19-21H2,(H,35,36,37). The molecule has 1 N–H and O–H groups in total. The van der Waals surface area contributed by atoms with Gasteiger partial charge in [-0.3, -0.25) is 4.40 Å². The third-order valence-electron chi connectivity index (χ3n) is 7.06. The fourth-order valence-electron chi connectivity index (χ4n) is 5.03. The van der Waals surface area contributed by atoms with Gasteiger partial charge in [0.05, 0.1) is 24.6 Å². The van der Waals surface area contributed by atoms with E-state index in [0.717, 1.165) is 76.6 Å². The summed E-state index contributed by atoms with van der Waals surface area (Å²) in [5.74, 6) is 7.66. The fraction of sp³-hybridized carbons (Fsp3) is 0.147. The molecule has 43 heavy (non-hydrogen) atoms. The van der Waals surface area contributed by atoms with Gasteiger partial charge in [-0.05, 0) is 48.5 Å². The molecule has 0 aliphatic carbocycles. The van der Waals surface area contributed by atoms with Crippen LogP contribution in [-0.2, 0) is 4.74 Å². The van der Waals surface area contributed by atoms with Gasteiger partial charge in [0.25, 0.3) is 0 Å². The first-order valence-corrected chi connectivity index (χ1v) is 14.9. The van der Waals surface area contributed by atoms with Crippen LogP contribution < -0.4 is 15.0 Å². The van der Waals surface area contributed by atoms with E-state index >= 15 is 0 Å². The lowest BCUT2D eigenvalue weighted by molar-refractivity contribution is 0.122. The van der Waals surface area contributed by atoms with Crippen LogP contribution in [0.5, 0.6) is 5.75 Å². The summed E-state index contributed by atoms with van der Waals surface area (Å²) in [5, 5.41) is 5.43. The van der Waals surface area contributed by atoms with Crippen molar-refractivity contribution in [1.82, 2.24) is 19.4 Å². The van der Waals surface area contributed by atoms with Gasteiger partial charge in [-0.1, -0.05) is 48.2 Å². The molecule has 212 valence electrons. The first kappa shape index (κ1) is 26.7. The molecule has 7 rings (SSSR count). The lowest BCUT2D eigenvalue weighted by Gasteiger charge is -2.29. The molecule has 0 saturated carbocycles. The van der Waals surface area contributed by atoms with Gasteiger partial charge in [-0.25, -0.2) is 15.0 Å². The molecule has 0 unspecified atom stereocenters. The van der Waals surface area contributed by atoms with Crippen molar-refractivity contribution in [3.8, 4) is 40.2 Å². The number of anilines is 3. The van der Waals surface area contributed by atoms with E-state index in [1.807, 2.05) is 72.2 Å². The van der Waals surface area contributed by atoms with Gasteiger partial charge in [-0.15, -0.1) is 11.3 Å². The molecule has 0 amide bonds. The van der Waals surface area contributed by atoms with Gasteiger partial charge >= 0.3 is 0 Å². The third kappa shape index (κ3) is 6.06. The van der Waals surface area contributed by atoms with Crippen LogP contribution in [0, 0.1) is 11.8 Å². The summed E-state index contributed by atoms with van der Waals surface area (Å²) in [7, 11) is 0. The van der Waals surface area contributed by atoms with E-state index in [4.69, 9.17) is 19.4 Å². The number of fused-ring (bicyclic) bond motifs is 1. The molecule has 3 aromatic carbocycles. The van der Waals surface area contributed by atoms with Gasteiger partial charge in [0.1, 0.15) is 18.1 Å².